The molecule has 6 nitrogen and oxygen atoms in total. The predicted molar refractivity (Wildman–Crippen MR) is 109 cm³/mol. The van der Waals surface area contributed by atoms with Crippen LogP contribution in [0.2, 0.25) is 0 Å². The molecule has 0 aliphatic rings. The summed E-state index contributed by atoms with van der Waals surface area (Å²) in [5, 5.41) is 16.4. The summed E-state index contributed by atoms with van der Waals surface area (Å²) in [6.45, 7) is 6.69. The van der Waals surface area contributed by atoms with Crippen LogP contribution in [0, 0.1) is 5.41 Å². The van der Waals surface area contributed by atoms with Gasteiger partial charge in [-0.05, 0) is 41.2 Å². The SMILES string of the molecule is CC(C)(C)CCNC(=O)C(CCC(=O)O)NC(=O)c1ccc2ccccc2c1. The molecule has 0 aliphatic carbocycles. The lowest BCUT2D eigenvalue weighted by Gasteiger charge is -2.21. The molecule has 2 aromatic rings. The minimum atomic E-state index is -1.01. The van der Waals surface area contributed by atoms with E-state index in [0.29, 0.717) is 12.1 Å². The highest BCUT2D eigenvalue weighted by molar-refractivity contribution is 6.00. The van der Waals surface area contributed by atoms with E-state index in [9.17, 15) is 14.4 Å². The molecule has 3 N–H and O–H groups in total. The number of carboxylic acids is 1. The van der Waals surface area contributed by atoms with E-state index in [2.05, 4.69) is 31.4 Å². The highest BCUT2D eigenvalue weighted by Crippen LogP contribution is 2.17. The molecule has 1 atom stereocenters. The summed E-state index contributed by atoms with van der Waals surface area (Å²) in [5.41, 5.74) is 0.500. The molecule has 0 saturated carbocycles. The first-order valence-corrected chi connectivity index (χ1v) is 9.45. The summed E-state index contributed by atoms with van der Waals surface area (Å²) in [6, 6.07) is 12.1. The Hall–Kier alpha value is -2.89. The van der Waals surface area contributed by atoms with Crippen LogP contribution >= 0.6 is 0 Å². The van der Waals surface area contributed by atoms with Crippen LogP contribution in [0.3, 0.4) is 0 Å². The van der Waals surface area contributed by atoms with E-state index in [1.165, 1.54) is 0 Å². The molecule has 28 heavy (non-hydrogen) atoms. The van der Waals surface area contributed by atoms with Crippen LogP contribution in [0.1, 0.15) is 50.4 Å². The topological polar surface area (TPSA) is 95.5 Å². The molecule has 2 rings (SSSR count). The smallest absolute Gasteiger partial charge is 0.303 e. The molecule has 0 aromatic heterocycles. The number of carbonyl (C=O) groups is 3. The number of amides is 2. The number of fused-ring (bicyclic) bond motifs is 1. The maximum Gasteiger partial charge on any atom is 0.303 e. The quantitative estimate of drug-likeness (QED) is 0.650. The summed E-state index contributed by atoms with van der Waals surface area (Å²) in [7, 11) is 0. The standard InChI is InChI=1S/C22H28N2O4/c1-22(2,3)12-13-23-21(28)18(10-11-19(25)26)24-20(27)17-9-8-15-6-4-5-7-16(15)14-17/h4-9,14,18H,10-13H2,1-3H3,(H,23,28)(H,24,27)(H,25,26). The summed E-state index contributed by atoms with van der Waals surface area (Å²) < 4.78 is 0. The first kappa shape index (κ1) is 21.4. The zero-order valence-electron chi connectivity index (χ0n) is 16.6. The van der Waals surface area contributed by atoms with Gasteiger partial charge in [0.25, 0.3) is 5.91 Å². The van der Waals surface area contributed by atoms with Crippen LogP contribution in [0.25, 0.3) is 10.8 Å². The number of hydrogen-bond donors (Lipinski definition) is 3. The van der Waals surface area contributed by atoms with Gasteiger partial charge in [-0.15, -0.1) is 0 Å². The van der Waals surface area contributed by atoms with Gasteiger partial charge >= 0.3 is 5.97 Å². The third-order valence-corrected chi connectivity index (χ3v) is 4.45. The van der Waals surface area contributed by atoms with Crippen LogP contribution in [0.5, 0.6) is 0 Å². The van der Waals surface area contributed by atoms with E-state index in [1.54, 1.807) is 12.1 Å². The van der Waals surface area contributed by atoms with Gasteiger partial charge in [-0.25, -0.2) is 0 Å². The van der Waals surface area contributed by atoms with Crippen LogP contribution in [0.15, 0.2) is 42.5 Å². The van der Waals surface area contributed by atoms with Crippen molar-refractivity contribution in [3.8, 4) is 0 Å². The molecule has 0 saturated heterocycles. The summed E-state index contributed by atoms with van der Waals surface area (Å²) in [5.74, 6) is -1.76. The number of aliphatic carboxylic acids is 1. The largest absolute Gasteiger partial charge is 0.481 e. The molecular formula is C22H28N2O4. The summed E-state index contributed by atoms with van der Waals surface area (Å²) in [6.07, 6.45) is 0.619. The van der Waals surface area contributed by atoms with Gasteiger partial charge in [-0.3, -0.25) is 14.4 Å². The Kier molecular flexibility index (Phi) is 7.15. The number of carbonyl (C=O) groups excluding carboxylic acids is 2. The molecule has 1 unspecified atom stereocenters. The fourth-order valence-corrected chi connectivity index (χ4v) is 2.79. The number of benzene rings is 2. The summed E-state index contributed by atoms with van der Waals surface area (Å²) in [4.78, 5) is 36.1. The van der Waals surface area contributed by atoms with Gasteiger partial charge in [0.1, 0.15) is 6.04 Å². The van der Waals surface area contributed by atoms with Crippen molar-refractivity contribution in [1.29, 1.82) is 0 Å². The van der Waals surface area contributed by atoms with E-state index in [4.69, 9.17) is 5.11 Å². The Morgan fingerprint density at radius 2 is 1.71 bits per heavy atom. The molecule has 2 aromatic carbocycles. The Morgan fingerprint density at radius 3 is 2.36 bits per heavy atom. The second kappa shape index (κ2) is 9.35. The number of carboxylic acid groups (broad SMARTS) is 1. The predicted octanol–water partition coefficient (Wildman–Crippen LogP) is 3.36. The fourth-order valence-electron chi connectivity index (χ4n) is 2.79. The van der Waals surface area contributed by atoms with Gasteiger partial charge in [-0.2, -0.15) is 0 Å². The van der Waals surface area contributed by atoms with Crippen molar-refractivity contribution in [2.24, 2.45) is 5.41 Å². The Bertz CT molecular complexity index is 855. The van der Waals surface area contributed by atoms with Gasteiger partial charge in [0.05, 0.1) is 0 Å². The minimum absolute atomic E-state index is 0.0377. The molecule has 0 bridgehead atoms. The molecule has 0 heterocycles. The van der Waals surface area contributed by atoms with Crippen molar-refractivity contribution in [3.63, 3.8) is 0 Å². The third kappa shape index (κ3) is 6.68. The van der Waals surface area contributed by atoms with E-state index >= 15 is 0 Å². The van der Waals surface area contributed by atoms with Gasteiger partial charge in [0, 0.05) is 18.5 Å². The number of hydrogen-bond acceptors (Lipinski definition) is 3. The van der Waals surface area contributed by atoms with E-state index in [1.807, 2.05) is 30.3 Å². The molecule has 0 radical (unpaired) electrons. The highest BCUT2D eigenvalue weighted by atomic mass is 16.4. The molecule has 0 fully saturated rings. The average Bonchev–Trinajstić information content (AvgIpc) is 2.63. The lowest BCUT2D eigenvalue weighted by Crippen LogP contribution is -2.47. The fraction of sp³-hybridized carbons (Fsp3) is 0.409. The average molecular weight is 384 g/mol. The van der Waals surface area contributed by atoms with Crippen LogP contribution in [0.4, 0.5) is 0 Å². The summed E-state index contributed by atoms with van der Waals surface area (Å²) >= 11 is 0. The second-order valence-corrected chi connectivity index (χ2v) is 8.12. The van der Waals surface area contributed by atoms with E-state index < -0.39 is 17.9 Å². The monoisotopic (exact) mass is 384 g/mol. The molecule has 0 aliphatic heterocycles. The highest BCUT2D eigenvalue weighted by Gasteiger charge is 2.23. The molecule has 0 spiro atoms. The number of nitrogens with one attached hydrogen (secondary N) is 2. The van der Waals surface area contributed by atoms with Crippen molar-refractivity contribution in [2.45, 2.75) is 46.1 Å². The first-order valence-electron chi connectivity index (χ1n) is 9.45. The number of rotatable bonds is 8. The van der Waals surface area contributed by atoms with Crippen molar-refractivity contribution < 1.29 is 19.5 Å². The zero-order chi connectivity index (χ0) is 20.7. The molecule has 150 valence electrons. The van der Waals surface area contributed by atoms with Gasteiger partial charge in [0.2, 0.25) is 5.91 Å². The van der Waals surface area contributed by atoms with E-state index in [-0.39, 0.29) is 24.2 Å². The molecule has 6 heteroatoms. The van der Waals surface area contributed by atoms with Crippen molar-refractivity contribution in [3.05, 3.63) is 48.0 Å². The van der Waals surface area contributed by atoms with Crippen molar-refractivity contribution in [2.75, 3.05) is 6.54 Å². The van der Waals surface area contributed by atoms with Crippen LogP contribution in [-0.4, -0.2) is 35.5 Å². The zero-order valence-corrected chi connectivity index (χ0v) is 16.6. The second-order valence-electron chi connectivity index (χ2n) is 8.12. The minimum Gasteiger partial charge on any atom is -0.481 e. The molecular weight excluding hydrogens is 356 g/mol. The van der Waals surface area contributed by atoms with Gasteiger partial charge in [0.15, 0.2) is 0 Å². The third-order valence-electron chi connectivity index (χ3n) is 4.45. The Labute approximate surface area is 165 Å². The molecule has 2 amide bonds. The lowest BCUT2D eigenvalue weighted by molar-refractivity contribution is -0.137. The van der Waals surface area contributed by atoms with Crippen LogP contribution in [-0.2, 0) is 9.59 Å². The first-order chi connectivity index (χ1) is 13.2. The normalized spacial score (nSPS) is 12.4. The Morgan fingerprint density at radius 1 is 1.04 bits per heavy atom. The van der Waals surface area contributed by atoms with Crippen LogP contribution < -0.4 is 10.6 Å². The van der Waals surface area contributed by atoms with Gasteiger partial charge < -0.3 is 15.7 Å². The maximum absolute atomic E-state index is 12.6. The van der Waals surface area contributed by atoms with Crippen molar-refractivity contribution in [1.82, 2.24) is 10.6 Å². The maximum atomic E-state index is 12.6. The van der Waals surface area contributed by atoms with E-state index in [0.717, 1.165) is 17.2 Å². The van der Waals surface area contributed by atoms with Crippen molar-refractivity contribution >= 4 is 28.6 Å². The van der Waals surface area contributed by atoms with Gasteiger partial charge in [-0.1, -0.05) is 51.1 Å². The lowest BCUT2D eigenvalue weighted by atomic mass is 9.92. The Balaban J connectivity index is 2.07.